The number of rotatable bonds is 2. The van der Waals surface area contributed by atoms with Crippen molar-refractivity contribution in [3.05, 3.63) is 34.3 Å². The molecule has 0 N–H and O–H groups in total. The fraction of sp³-hybridized carbons (Fsp3) is 0.200. The number of aromatic nitrogens is 1. The van der Waals surface area contributed by atoms with Crippen LogP contribution in [0.15, 0.2) is 27.4 Å². The largest absolute Gasteiger partial charge is 0.419 e. The van der Waals surface area contributed by atoms with Crippen molar-refractivity contribution in [2.75, 3.05) is 5.33 Å². The van der Waals surface area contributed by atoms with Crippen LogP contribution >= 0.6 is 15.9 Å². The second-order valence-electron chi connectivity index (χ2n) is 3.14. The topological polar surface area (TPSA) is 52.2 Å². The lowest BCUT2D eigenvalue weighted by atomic mass is 10.1. The molecule has 0 bridgehead atoms. The summed E-state index contributed by atoms with van der Waals surface area (Å²) in [6.45, 7) is 0. The maximum atomic E-state index is 11.5. The first-order valence-electron chi connectivity index (χ1n) is 4.33. The lowest BCUT2D eigenvalue weighted by molar-refractivity contribution is 0.102. The summed E-state index contributed by atoms with van der Waals surface area (Å²) >= 11 is 3.09. The molecule has 0 aliphatic rings. The van der Waals surface area contributed by atoms with E-state index in [1.807, 2.05) is 0 Å². The molecule has 0 saturated carbocycles. The maximum absolute atomic E-state index is 11.5. The van der Waals surface area contributed by atoms with Gasteiger partial charge < -0.3 is 4.42 Å². The summed E-state index contributed by atoms with van der Waals surface area (Å²) in [5.41, 5.74) is 1.42. The molecule has 1 aromatic heterocycles. The van der Waals surface area contributed by atoms with E-state index in [1.54, 1.807) is 25.2 Å². The first-order valence-corrected chi connectivity index (χ1v) is 5.45. The third kappa shape index (κ3) is 1.52. The predicted molar refractivity (Wildman–Crippen MR) is 59.6 cm³/mol. The molecule has 1 aromatic carbocycles. The quantitative estimate of drug-likeness (QED) is 0.616. The molecule has 0 aliphatic heterocycles. The van der Waals surface area contributed by atoms with E-state index < -0.39 is 5.76 Å². The zero-order valence-corrected chi connectivity index (χ0v) is 9.58. The van der Waals surface area contributed by atoms with Crippen molar-refractivity contribution in [2.24, 2.45) is 7.05 Å². The Hall–Kier alpha value is -1.36. The number of alkyl halides is 1. The molecule has 0 aliphatic carbocycles. The molecule has 1 heterocycles. The Labute approximate surface area is 93.6 Å². The summed E-state index contributed by atoms with van der Waals surface area (Å²) in [7, 11) is 1.61. The van der Waals surface area contributed by atoms with Crippen LogP contribution in [0.3, 0.4) is 0 Å². The number of hydrogen-bond donors (Lipinski definition) is 0. The maximum Gasteiger partial charge on any atom is 0.419 e. The summed E-state index contributed by atoms with van der Waals surface area (Å²) in [5, 5.41) is 0.213. The van der Waals surface area contributed by atoms with Crippen molar-refractivity contribution in [3.8, 4) is 0 Å². The van der Waals surface area contributed by atoms with Gasteiger partial charge in [-0.3, -0.25) is 9.36 Å². The van der Waals surface area contributed by atoms with Crippen LogP contribution in [0.25, 0.3) is 11.1 Å². The number of oxazole rings is 1. The van der Waals surface area contributed by atoms with Crippen molar-refractivity contribution >= 4 is 32.8 Å². The Balaban J connectivity index is 2.83. The van der Waals surface area contributed by atoms with E-state index in [2.05, 4.69) is 15.9 Å². The highest BCUT2D eigenvalue weighted by Crippen LogP contribution is 2.18. The van der Waals surface area contributed by atoms with Crippen molar-refractivity contribution in [2.45, 2.75) is 0 Å². The molecule has 0 amide bonds. The van der Waals surface area contributed by atoms with E-state index in [4.69, 9.17) is 4.42 Å². The zero-order valence-electron chi connectivity index (χ0n) is 7.99. The Bertz CT molecular complexity index is 582. The summed E-state index contributed by atoms with van der Waals surface area (Å²) < 4.78 is 6.39. The van der Waals surface area contributed by atoms with Crippen LogP contribution < -0.4 is 5.76 Å². The minimum Gasteiger partial charge on any atom is -0.407 e. The second kappa shape index (κ2) is 3.66. The highest BCUT2D eigenvalue weighted by atomic mass is 79.9. The number of nitrogens with zero attached hydrogens (tertiary/aromatic N) is 1. The average Bonchev–Trinajstić information content (AvgIpc) is 2.54. The molecule has 4 nitrogen and oxygen atoms in total. The highest BCUT2D eigenvalue weighted by Gasteiger charge is 2.14. The number of fused-ring (bicyclic) bond motifs is 1. The molecule has 0 atom stereocenters. The summed E-state index contributed by atoms with van der Waals surface area (Å²) in [5.74, 6) is -0.560. The second-order valence-corrected chi connectivity index (χ2v) is 3.70. The Kier molecular flexibility index (Phi) is 2.48. The fourth-order valence-electron chi connectivity index (χ4n) is 1.44. The lowest BCUT2D eigenvalue weighted by Gasteiger charge is -1.97. The molecule has 0 saturated heterocycles. The third-order valence-corrected chi connectivity index (χ3v) is 2.75. The number of carbonyl (C=O) groups is 1. The molecule has 2 rings (SSSR count). The van der Waals surface area contributed by atoms with Crippen LogP contribution in [0, 0.1) is 0 Å². The molecule has 5 heteroatoms. The van der Waals surface area contributed by atoms with Gasteiger partial charge >= 0.3 is 5.76 Å². The molecule has 0 spiro atoms. The van der Waals surface area contributed by atoms with Crippen LogP contribution in [0.5, 0.6) is 0 Å². The van der Waals surface area contributed by atoms with E-state index in [9.17, 15) is 9.59 Å². The molecule has 0 unspecified atom stereocenters. The number of para-hydroxylation sites is 1. The standard InChI is InChI=1S/C10H8BrNO3/c1-12-7-4-2-3-6(8(13)5-11)9(7)15-10(12)14/h2-4H,5H2,1H3. The summed E-state index contributed by atoms with van der Waals surface area (Å²) in [4.78, 5) is 22.8. The molecule has 15 heavy (non-hydrogen) atoms. The van der Waals surface area contributed by atoms with Gasteiger partial charge in [-0.05, 0) is 12.1 Å². The molecule has 0 fully saturated rings. The number of carbonyl (C=O) groups excluding carboxylic acids is 1. The zero-order chi connectivity index (χ0) is 11.0. The van der Waals surface area contributed by atoms with Crippen LogP contribution in [0.2, 0.25) is 0 Å². The van der Waals surface area contributed by atoms with Crippen molar-refractivity contribution < 1.29 is 9.21 Å². The number of halogens is 1. The minimum absolute atomic E-state index is 0.102. The number of ketones is 1. The van der Waals surface area contributed by atoms with Gasteiger partial charge in [0.05, 0.1) is 16.4 Å². The third-order valence-electron chi connectivity index (χ3n) is 2.24. The van der Waals surface area contributed by atoms with Gasteiger partial charge in [0.25, 0.3) is 0 Å². The van der Waals surface area contributed by atoms with Gasteiger partial charge in [0.2, 0.25) is 0 Å². The monoisotopic (exact) mass is 269 g/mol. The van der Waals surface area contributed by atoms with Crippen LogP contribution in [-0.4, -0.2) is 15.7 Å². The molecule has 2 aromatic rings. The number of aryl methyl sites for hydroxylation is 1. The fourth-order valence-corrected chi connectivity index (χ4v) is 1.74. The van der Waals surface area contributed by atoms with Crippen LogP contribution in [0.1, 0.15) is 10.4 Å². The first kappa shape index (κ1) is 10.2. The van der Waals surface area contributed by atoms with Gasteiger partial charge in [-0.2, -0.15) is 0 Å². The van der Waals surface area contributed by atoms with Crippen molar-refractivity contribution in [1.29, 1.82) is 0 Å². The first-order chi connectivity index (χ1) is 7.15. The van der Waals surface area contributed by atoms with Gasteiger partial charge in [0, 0.05) is 7.05 Å². The molecular formula is C10H8BrNO3. The average molecular weight is 270 g/mol. The van der Waals surface area contributed by atoms with Gasteiger partial charge in [-0.15, -0.1) is 0 Å². The minimum atomic E-state index is -0.458. The van der Waals surface area contributed by atoms with Crippen molar-refractivity contribution in [1.82, 2.24) is 4.57 Å². The summed E-state index contributed by atoms with van der Waals surface area (Å²) in [6, 6.07) is 5.12. The van der Waals surface area contributed by atoms with Gasteiger partial charge in [0.1, 0.15) is 0 Å². The normalized spacial score (nSPS) is 10.8. The smallest absolute Gasteiger partial charge is 0.407 e. The Morgan fingerprint density at radius 2 is 2.27 bits per heavy atom. The van der Waals surface area contributed by atoms with E-state index in [0.717, 1.165) is 0 Å². The lowest BCUT2D eigenvalue weighted by Crippen LogP contribution is -2.08. The SMILES string of the molecule is Cn1c(=O)oc2c(C(=O)CBr)cccc21. The van der Waals surface area contributed by atoms with E-state index in [0.29, 0.717) is 16.7 Å². The number of benzene rings is 1. The number of Topliss-reactive ketones (excluding diaryl/α,β-unsaturated/α-hetero) is 1. The van der Waals surface area contributed by atoms with E-state index in [-0.39, 0.29) is 11.1 Å². The molecule has 78 valence electrons. The Morgan fingerprint density at radius 1 is 1.53 bits per heavy atom. The van der Waals surface area contributed by atoms with Crippen molar-refractivity contribution in [3.63, 3.8) is 0 Å². The highest BCUT2D eigenvalue weighted by molar-refractivity contribution is 9.09. The van der Waals surface area contributed by atoms with Gasteiger partial charge in [-0.25, -0.2) is 4.79 Å². The van der Waals surface area contributed by atoms with Crippen LogP contribution in [-0.2, 0) is 7.05 Å². The van der Waals surface area contributed by atoms with Gasteiger partial charge in [-0.1, -0.05) is 22.0 Å². The predicted octanol–water partition coefficient (Wildman–Crippen LogP) is 1.71. The molecular weight excluding hydrogens is 262 g/mol. The number of hydrogen-bond acceptors (Lipinski definition) is 3. The van der Waals surface area contributed by atoms with Gasteiger partial charge in [0.15, 0.2) is 11.4 Å². The Morgan fingerprint density at radius 3 is 2.93 bits per heavy atom. The van der Waals surface area contributed by atoms with E-state index in [1.165, 1.54) is 4.57 Å². The van der Waals surface area contributed by atoms with E-state index >= 15 is 0 Å². The summed E-state index contributed by atoms with van der Waals surface area (Å²) in [6.07, 6.45) is 0. The molecule has 0 radical (unpaired) electrons. The van der Waals surface area contributed by atoms with Crippen LogP contribution in [0.4, 0.5) is 0 Å².